The van der Waals surface area contributed by atoms with E-state index in [1.165, 1.54) is 17.0 Å². The van der Waals surface area contributed by atoms with E-state index in [2.05, 4.69) is 5.32 Å². The lowest BCUT2D eigenvalue weighted by molar-refractivity contribution is -0.141. The number of hydrogen-bond donors (Lipinski definition) is 1. The van der Waals surface area contributed by atoms with Gasteiger partial charge in [0.2, 0.25) is 11.8 Å². The summed E-state index contributed by atoms with van der Waals surface area (Å²) in [6.45, 7) is 9.07. The van der Waals surface area contributed by atoms with Crippen LogP contribution < -0.4 is 9.62 Å². The van der Waals surface area contributed by atoms with Gasteiger partial charge in [0.1, 0.15) is 12.6 Å². The standard InChI is InChI=1S/C30H36ClN3O4S/c1-6-27(29(36)32-30(3,4)5)33(20-23-14-12-22(2)13-15-23)28(35)21-34(25-18-16-24(31)17-19-25)39(37,38)26-10-8-7-9-11-26/h7-19,27H,6,20-21H2,1-5H3,(H,32,36)/t27-/m1/s1. The van der Waals surface area contributed by atoms with Crippen molar-refractivity contribution in [2.45, 2.75) is 64.1 Å². The summed E-state index contributed by atoms with van der Waals surface area (Å²) in [5.74, 6) is -0.796. The fourth-order valence-corrected chi connectivity index (χ4v) is 5.68. The quantitative estimate of drug-likeness (QED) is 0.346. The summed E-state index contributed by atoms with van der Waals surface area (Å²) in [7, 11) is -4.11. The number of nitrogens with zero attached hydrogens (tertiary/aromatic N) is 2. The number of amides is 2. The fraction of sp³-hybridized carbons (Fsp3) is 0.333. The van der Waals surface area contributed by atoms with Gasteiger partial charge >= 0.3 is 0 Å². The van der Waals surface area contributed by atoms with Gasteiger partial charge in [-0.2, -0.15) is 0 Å². The lowest BCUT2D eigenvalue weighted by Crippen LogP contribution is -2.55. The third-order valence-electron chi connectivity index (χ3n) is 6.08. The molecule has 3 rings (SSSR count). The van der Waals surface area contributed by atoms with Gasteiger partial charge in [0, 0.05) is 17.1 Å². The smallest absolute Gasteiger partial charge is 0.264 e. The zero-order valence-electron chi connectivity index (χ0n) is 23.0. The first-order chi connectivity index (χ1) is 18.3. The molecule has 208 valence electrons. The van der Waals surface area contributed by atoms with Gasteiger partial charge in [0.15, 0.2) is 0 Å². The third kappa shape index (κ3) is 8.07. The van der Waals surface area contributed by atoms with E-state index in [0.29, 0.717) is 17.1 Å². The highest BCUT2D eigenvalue weighted by Crippen LogP contribution is 2.26. The molecular formula is C30H36ClN3O4S. The highest BCUT2D eigenvalue weighted by Gasteiger charge is 2.34. The fourth-order valence-electron chi connectivity index (χ4n) is 4.12. The van der Waals surface area contributed by atoms with Gasteiger partial charge in [-0.05, 0) is 76.1 Å². The minimum absolute atomic E-state index is 0.0513. The Hall–Kier alpha value is -3.36. The second-order valence-electron chi connectivity index (χ2n) is 10.5. The van der Waals surface area contributed by atoms with E-state index in [0.717, 1.165) is 15.4 Å². The molecule has 0 unspecified atom stereocenters. The largest absolute Gasteiger partial charge is 0.350 e. The van der Waals surface area contributed by atoms with Crippen LogP contribution in [0.15, 0.2) is 83.8 Å². The van der Waals surface area contributed by atoms with Gasteiger partial charge in [-0.25, -0.2) is 8.42 Å². The average Bonchev–Trinajstić information content (AvgIpc) is 2.88. The van der Waals surface area contributed by atoms with Crippen molar-refractivity contribution in [3.05, 3.63) is 95.0 Å². The predicted octanol–water partition coefficient (Wildman–Crippen LogP) is 5.57. The second-order valence-corrected chi connectivity index (χ2v) is 12.8. The third-order valence-corrected chi connectivity index (χ3v) is 8.12. The Bertz CT molecular complexity index is 1370. The molecule has 0 heterocycles. The molecule has 0 saturated carbocycles. The first kappa shape index (κ1) is 30.2. The molecule has 2 amide bonds. The van der Waals surface area contributed by atoms with Gasteiger partial charge in [-0.1, -0.05) is 66.6 Å². The van der Waals surface area contributed by atoms with Crippen LogP contribution in [0.1, 0.15) is 45.2 Å². The Kier molecular flexibility index (Phi) is 9.80. The van der Waals surface area contributed by atoms with E-state index in [9.17, 15) is 18.0 Å². The van der Waals surface area contributed by atoms with Crippen LogP contribution in [0.5, 0.6) is 0 Å². The molecule has 0 aliphatic rings. The molecule has 0 aromatic heterocycles. The molecule has 0 aliphatic heterocycles. The number of benzene rings is 3. The van der Waals surface area contributed by atoms with Gasteiger partial charge in [-0.15, -0.1) is 0 Å². The van der Waals surface area contributed by atoms with Gasteiger partial charge in [0.25, 0.3) is 10.0 Å². The Morgan fingerprint density at radius 2 is 1.51 bits per heavy atom. The van der Waals surface area contributed by atoms with Crippen LogP contribution in [0.25, 0.3) is 0 Å². The molecular weight excluding hydrogens is 534 g/mol. The lowest BCUT2D eigenvalue weighted by Gasteiger charge is -2.34. The average molecular weight is 570 g/mol. The Balaban J connectivity index is 2.05. The van der Waals surface area contributed by atoms with Crippen LogP contribution in [-0.4, -0.2) is 43.3 Å². The Labute approximate surface area is 236 Å². The number of hydrogen-bond acceptors (Lipinski definition) is 4. The first-order valence-electron chi connectivity index (χ1n) is 12.8. The number of halogens is 1. The topological polar surface area (TPSA) is 86.8 Å². The lowest BCUT2D eigenvalue weighted by atomic mass is 10.1. The summed E-state index contributed by atoms with van der Waals surface area (Å²) in [5, 5.41) is 3.41. The van der Waals surface area contributed by atoms with Crippen LogP contribution in [0.4, 0.5) is 5.69 Å². The van der Waals surface area contributed by atoms with E-state index >= 15 is 0 Å². The number of carbonyl (C=O) groups is 2. The van der Waals surface area contributed by atoms with Crippen LogP contribution in [0, 0.1) is 6.92 Å². The van der Waals surface area contributed by atoms with Crippen molar-refractivity contribution in [3.63, 3.8) is 0 Å². The molecule has 9 heteroatoms. The highest BCUT2D eigenvalue weighted by molar-refractivity contribution is 7.92. The minimum Gasteiger partial charge on any atom is -0.350 e. The normalized spacial score (nSPS) is 12.5. The van der Waals surface area contributed by atoms with Crippen molar-refractivity contribution in [2.75, 3.05) is 10.8 Å². The number of anilines is 1. The summed E-state index contributed by atoms with van der Waals surface area (Å²) in [6.07, 6.45) is 0.353. The molecule has 0 fully saturated rings. The molecule has 1 N–H and O–H groups in total. The number of sulfonamides is 1. The Morgan fingerprint density at radius 1 is 0.923 bits per heavy atom. The van der Waals surface area contributed by atoms with Crippen LogP contribution in [0.2, 0.25) is 5.02 Å². The molecule has 0 radical (unpaired) electrons. The van der Waals surface area contributed by atoms with Gasteiger partial charge in [0.05, 0.1) is 10.6 Å². The maximum atomic E-state index is 14.0. The number of nitrogens with one attached hydrogen (secondary N) is 1. The molecule has 3 aromatic carbocycles. The number of rotatable bonds is 10. The zero-order valence-corrected chi connectivity index (χ0v) is 24.6. The van der Waals surface area contributed by atoms with E-state index in [1.54, 1.807) is 42.5 Å². The van der Waals surface area contributed by atoms with Crippen LogP contribution in [0.3, 0.4) is 0 Å². The molecule has 0 saturated heterocycles. The monoisotopic (exact) mass is 569 g/mol. The maximum Gasteiger partial charge on any atom is 0.264 e. The van der Waals surface area contributed by atoms with Crippen molar-refractivity contribution in [3.8, 4) is 0 Å². The number of aryl methyl sites for hydroxylation is 1. The zero-order chi connectivity index (χ0) is 28.8. The van der Waals surface area contributed by atoms with E-state index < -0.39 is 34.1 Å². The van der Waals surface area contributed by atoms with E-state index in [-0.39, 0.29) is 17.3 Å². The maximum absolute atomic E-state index is 14.0. The van der Waals surface area contributed by atoms with Crippen LogP contribution >= 0.6 is 11.6 Å². The molecule has 0 aliphatic carbocycles. The predicted molar refractivity (Wildman–Crippen MR) is 156 cm³/mol. The summed E-state index contributed by atoms with van der Waals surface area (Å²) < 4.78 is 28.6. The summed E-state index contributed by atoms with van der Waals surface area (Å²) in [5.41, 5.74) is 1.69. The first-order valence-corrected chi connectivity index (χ1v) is 14.6. The second kappa shape index (κ2) is 12.7. The van der Waals surface area contributed by atoms with Crippen molar-refractivity contribution >= 4 is 39.1 Å². The van der Waals surface area contributed by atoms with E-state index in [1.807, 2.05) is 58.9 Å². The van der Waals surface area contributed by atoms with Gasteiger partial charge in [-0.3, -0.25) is 13.9 Å². The van der Waals surface area contributed by atoms with E-state index in [4.69, 9.17) is 11.6 Å². The molecule has 7 nitrogen and oxygen atoms in total. The van der Waals surface area contributed by atoms with Crippen LogP contribution in [-0.2, 0) is 26.2 Å². The van der Waals surface area contributed by atoms with Crippen molar-refractivity contribution in [1.82, 2.24) is 10.2 Å². The highest BCUT2D eigenvalue weighted by atomic mass is 35.5. The SMILES string of the molecule is CC[C@H](C(=O)NC(C)(C)C)N(Cc1ccc(C)cc1)C(=O)CN(c1ccc(Cl)cc1)S(=O)(=O)c1ccccc1. The van der Waals surface area contributed by atoms with Crippen molar-refractivity contribution < 1.29 is 18.0 Å². The molecule has 39 heavy (non-hydrogen) atoms. The molecule has 3 aromatic rings. The summed E-state index contributed by atoms with van der Waals surface area (Å²) in [4.78, 5) is 28.9. The summed E-state index contributed by atoms with van der Waals surface area (Å²) >= 11 is 6.07. The Morgan fingerprint density at radius 3 is 2.05 bits per heavy atom. The van der Waals surface area contributed by atoms with Crippen molar-refractivity contribution in [2.24, 2.45) is 0 Å². The summed E-state index contributed by atoms with van der Waals surface area (Å²) in [6, 6.07) is 21.1. The molecule has 1 atom stereocenters. The molecule has 0 spiro atoms. The minimum atomic E-state index is -4.11. The number of carbonyl (C=O) groups excluding carboxylic acids is 2. The molecule has 0 bridgehead atoms. The van der Waals surface area contributed by atoms with Gasteiger partial charge < -0.3 is 10.2 Å². The van der Waals surface area contributed by atoms with Crippen molar-refractivity contribution in [1.29, 1.82) is 0 Å².